The third-order valence-corrected chi connectivity index (χ3v) is 2.29. The first kappa shape index (κ1) is 11.4. The van der Waals surface area contributed by atoms with Crippen LogP contribution in [-0.4, -0.2) is 6.04 Å². The van der Waals surface area contributed by atoms with Crippen molar-refractivity contribution >= 4 is 11.4 Å². The fraction of sp³-hybridized carbons (Fsp3) is 0.417. The Labute approximate surface area is 90.9 Å². The Kier molecular flexibility index (Phi) is 3.99. The SMILES string of the molecule is CCC[C@H](C)Nc1ccc(N)cc1C#N. The summed E-state index contributed by atoms with van der Waals surface area (Å²) in [6.07, 6.45) is 2.22. The van der Waals surface area contributed by atoms with E-state index in [4.69, 9.17) is 11.0 Å². The van der Waals surface area contributed by atoms with Crippen molar-refractivity contribution in [1.82, 2.24) is 0 Å². The van der Waals surface area contributed by atoms with Crippen molar-refractivity contribution in [2.24, 2.45) is 0 Å². The first-order valence-electron chi connectivity index (χ1n) is 5.23. The van der Waals surface area contributed by atoms with Crippen LogP contribution >= 0.6 is 0 Å². The van der Waals surface area contributed by atoms with Gasteiger partial charge >= 0.3 is 0 Å². The molecule has 3 heteroatoms. The molecule has 0 saturated carbocycles. The van der Waals surface area contributed by atoms with E-state index in [0.717, 1.165) is 18.5 Å². The number of nitrogens with zero attached hydrogens (tertiary/aromatic N) is 1. The average Bonchev–Trinajstić information content (AvgIpc) is 2.21. The molecule has 3 N–H and O–H groups in total. The van der Waals surface area contributed by atoms with Crippen LogP contribution in [0.15, 0.2) is 18.2 Å². The van der Waals surface area contributed by atoms with Crippen LogP contribution in [0, 0.1) is 11.3 Å². The molecule has 3 nitrogen and oxygen atoms in total. The van der Waals surface area contributed by atoms with Gasteiger partial charge in [-0.2, -0.15) is 5.26 Å². The van der Waals surface area contributed by atoms with Crippen LogP contribution < -0.4 is 11.1 Å². The number of hydrogen-bond donors (Lipinski definition) is 2. The van der Waals surface area contributed by atoms with Gasteiger partial charge in [0, 0.05) is 11.7 Å². The lowest BCUT2D eigenvalue weighted by molar-refractivity contribution is 0.690. The van der Waals surface area contributed by atoms with Crippen molar-refractivity contribution in [1.29, 1.82) is 5.26 Å². The third kappa shape index (κ3) is 3.17. The van der Waals surface area contributed by atoms with Gasteiger partial charge in [-0.25, -0.2) is 0 Å². The summed E-state index contributed by atoms with van der Waals surface area (Å²) < 4.78 is 0. The number of anilines is 2. The molecule has 0 bridgehead atoms. The Morgan fingerprint density at radius 1 is 1.53 bits per heavy atom. The predicted octanol–water partition coefficient (Wildman–Crippen LogP) is 2.74. The molecule has 0 fully saturated rings. The molecule has 0 heterocycles. The lowest BCUT2D eigenvalue weighted by Gasteiger charge is -2.15. The van der Waals surface area contributed by atoms with Crippen molar-refractivity contribution in [2.75, 3.05) is 11.1 Å². The fourth-order valence-electron chi connectivity index (χ4n) is 1.55. The Hall–Kier alpha value is -1.69. The number of nitrogens with one attached hydrogen (secondary N) is 1. The lowest BCUT2D eigenvalue weighted by atomic mass is 10.1. The molecule has 15 heavy (non-hydrogen) atoms. The molecule has 0 aliphatic carbocycles. The smallest absolute Gasteiger partial charge is 0.101 e. The highest BCUT2D eigenvalue weighted by molar-refractivity contribution is 5.63. The van der Waals surface area contributed by atoms with Crippen molar-refractivity contribution < 1.29 is 0 Å². The van der Waals surface area contributed by atoms with E-state index in [1.54, 1.807) is 6.07 Å². The second-order valence-corrected chi connectivity index (χ2v) is 3.75. The fourth-order valence-corrected chi connectivity index (χ4v) is 1.55. The summed E-state index contributed by atoms with van der Waals surface area (Å²) in [7, 11) is 0. The first-order chi connectivity index (χ1) is 7.17. The number of nitriles is 1. The van der Waals surface area contributed by atoms with Crippen molar-refractivity contribution in [3.8, 4) is 6.07 Å². The summed E-state index contributed by atoms with van der Waals surface area (Å²) in [6, 6.07) is 7.89. The van der Waals surface area contributed by atoms with Crippen LogP contribution in [0.2, 0.25) is 0 Å². The summed E-state index contributed by atoms with van der Waals surface area (Å²) in [5.41, 5.74) is 7.72. The zero-order chi connectivity index (χ0) is 11.3. The van der Waals surface area contributed by atoms with E-state index in [1.807, 2.05) is 12.1 Å². The van der Waals surface area contributed by atoms with Gasteiger partial charge in [-0.05, 0) is 31.5 Å². The van der Waals surface area contributed by atoms with Crippen molar-refractivity contribution in [3.05, 3.63) is 23.8 Å². The van der Waals surface area contributed by atoms with E-state index >= 15 is 0 Å². The highest BCUT2D eigenvalue weighted by Gasteiger charge is 2.05. The molecule has 1 aromatic rings. The van der Waals surface area contributed by atoms with E-state index in [2.05, 4.69) is 25.2 Å². The van der Waals surface area contributed by atoms with E-state index in [9.17, 15) is 0 Å². The molecule has 0 amide bonds. The number of nitrogen functional groups attached to an aromatic ring is 1. The Morgan fingerprint density at radius 2 is 2.27 bits per heavy atom. The van der Waals surface area contributed by atoms with Crippen LogP contribution in [0.1, 0.15) is 32.3 Å². The maximum atomic E-state index is 8.94. The number of benzene rings is 1. The summed E-state index contributed by atoms with van der Waals surface area (Å²) in [6.45, 7) is 4.26. The van der Waals surface area contributed by atoms with Crippen LogP contribution in [-0.2, 0) is 0 Å². The van der Waals surface area contributed by atoms with Crippen molar-refractivity contribution in [2.45, 2.75) is 32.7 Å². The normalized spacial score (nSPS) is 11.8. The van der Waals surface area contributed by atoms with Gasteiger partial charge in [0.15, 0.2) is 0 Å². The van der Waals surface area contributed by atoms with Gasteiger partial charge in [-0.1, -0.05) is 13.3 Å². The average molecular weight is 203 g/mol. The highest BCUT2D eigenvalue weighted by atomic mass is 14.9. The van der Waals surface area contributed by atoms with E-state index in [0.29, 0.717) is 17.3 Å². The van der Waals surface area contributed by atoms with Gasteiger partial charge in [0.25, 0.3) is 0 Å². The Morgan fingerprint density at radius 3 is 2.87 bits per heavy atom. The Bertz CT molecular complexity index is 366. The minimum atomic E-state index is 0.380. The van der Waals surface area contributed by atoms with E-state index in [1.165, 1.54) is 0 Å². The van der Waals surface area contributed by atoms with Gasteiger partial charge in [-0.15, -0.1) is 0 Å². The summed E-state index contributed by atoms with van der Waals surface area (Å²) in [4.78, 5) is 0. The molecule has 0 radical (unpaired) electrons. The minimum Gasteiger partial charge on any atom is -0.399 e. The van der Waals surface area contributed by atoms with E-state index < -0.39 is 0 Å². The Balaban J connectivity index is 2.81. The molecular formula is C12H17N3. The molecule has 0 saturated heterocycles. The molecule has 1 aromatic carbocycles. The maximum absolute atomic E-state index is 8.94. The van der Waals surface area contributed by atoms with Crippen LogP contribution in [0.5, 0.6) is 0 Å². The third-order valence-electron chi connectivity index (χ3n) is 2.29. The van der Waals surface area contributed by atoms with Crippen LogP contribution in [0.3, 0.4) is 0 Å². The van der Waals surface area contributed by atoms with Gasteiger partial charge in [-0.3, -0.25) is 0 Å². The molecule has 1 atom stereocenters. The standard InChI is InChI=1S/C12H17N3/c1-3-4-9(2)15-12-6-5-11(14)7-10(12)8-13/h5-7,9,15H,3-4,14H2,1-2H3/t9-/m0/s1. The van der Waals surface area contributed by atoms with Gasteiger partial charge in [0.1, 0.15) is 6.07 Å². The molecule has 1 rings (SSSR count). The molecule has 80 valence electrons. The quantitative estimate of drug-likeness (QED) is 0.739. The van der Waals surface area contributed by atoms with Crippen LogP contribution in [0.25, 0.3) is 0 Å². The molecule has 0 aromatic heterocycles. The monoisotopic (exact) mass is 203 g/mol. The molecule has 0 unspecified atom stereocenters. The highest BCUT2D eigenvalue weighted by Crippen LogP contribution is 2.19. The lowest BCUT2D eigenvalue weighted by Crippen LogP contribution is -2.15. The predicted molar refractivity (Wildman–Crippen MR) is 63.6 cm³/mol. The van der Waals surface area contributed by atoms with E-state index in [-0.39, 0.29) is 0 Å². The number of rotatable bonds is 4. The molecule has 0 aliphatic heterocycles. The second kappa shape index (κ2) is 5.26. The summed E-state index contributed by atoms with van der Waals surface area (Å²) >= 11 is 0. The maximum Gasteiger partial charge on any atom is 0.101 e. The summed E-state index contributed by atoms with van der Waals surface area (Å²) in [5.74, 6) is 0. The number of nitrogens with two attached hydrogens (primary N) is 1. The van der Waals surface area contributed by atoms with Crippen LogP contribution in [0.4, 0.5) is 11.4 Å². The van der Waals surface area contributed by atoms with Gasteiger partial charge in [0.05, 0.1) is 11.3 Å². The number of hydrogen-bond acceptors (Lipinski definition) is 3. The topological polar surface area (TPSA) is 61.8 Å². The zero-order valence-corrected chi connectivity index (χ0v) is 9.25. The largest absolute Gasteiger partial charge is 0.399 e. The van der Waals surface area contributed by atoms with Gasteiger partial charge in [0.2, 0.25) is 0 Å². The molecule has 0 spiro atoms. The summed E-state index contributed by atoms with van der Waals surface area (Å²) in [5, 5.41) is 12.3. The molecule has 0 aliphatic rings. The minimum absolute atomic E-state index is 0.380. The van der Waals surface area contributed by atoms with Gasteiger partial charge < -0.3 is 11.1 Å². The second-order valence-electron chi connectivity index (χ2n) is 3.75. The van der Waals surface area contributed by atoms with Crippen molar-refractivity contribution in [3.63, 3.8) is 0 Å². The zero-order valence-electron chi connectivity index (χ0n) is 9.25. The molecular weight excluding hydrogens is 186 g/mol. The first-order valence-corrected chi connectivity index (χ1v) is 5.23.